The summed E-state index contributed by atoms with van der Waals surface area (Å²) in [5.74, 6) is -1.37. The van der Waals surface area contributed by atoms with Gasteiger partial charge in [-0.25, -0.2) is 0 Å². The van der Waals surface area contributed by atoms with E-state index in [0.29, 0.717) is 11.6 Å². The van der Waals surface area contributed by atoms with Crippen molar-refractivity contribution in [1.29, 1.82) is 0 Å². The van der Waals surface area contributed by atoms with Gasteiger partial charge in [0, 0.05) is 29.1 Å². The first-order valence-corrected chi connectivity index (χ1v) is 8.23. The summed E-state index contributed by atoms with van der Waals surface area (Å²) in [5, 5.41) is 7.59. The number of thiophene rings is 1. The molecule has 2 N–H and O–H groups in total. The molecule has 5 nitrogen and oxygen atoms in total. The quantitative estimate of drug-likeness (QED) is 0.785. The molecule has 0 unspecified atom stereocenters. The number of hydrogen-bond acceptors (Lipinski definition) is 4. The number of halogens is 1. The van der Waals surface area contributed by atoms with Crippen LogP contribution >= 0.6 is 22.9 Å². The van der Waals surface area contributed by atoms with Gasteiger partial charge in [-0.15, -0.1) is 11.3 Å². The Morgan fingerprint density at radius 1 is 1.17 bits per heavy atom. The lowest BCUT2D eigenvalue weighted by Gasteiger charge is -2.17. The van der Waals surface area contributed by atoms with E-state index in [9.17, 15) is 9.59 Å². The minimum Gasteiger partial charge on any atom is -0.375 e. The van der Waals surface area contributed by atoms with Gasteiger partial charge in [0.1, 0.15) is 6.10 Å². The van der Waals surface area contributed by atoms with Crippen LogP contribution in [0.25, 0.3) is 0 Å². The zero-order chi connectivity index (χ0) is 16.7. The molecule has 0 aliphatic carbocycles. The van der Waals surface area contributed by atoms with Crippen LogP contribution in [0, 0.1) is 0 Å². The third-order valence-electron chi connectivity index (χ3n) is 3.19. The lowest BCUT2D eigenvalue weighted by Crippen LogP contribution is -2.41. The van der Waals surface area contributed by atoms with Gasteiger partial charge in [-0.05, 0) is 17.5 Å². The zero-order valence-corrected chi connectivity index (χ0v) is 14.1. The smallest absolute Gasteiger partial charge is 0.309 e. The summed E-state index contributed by atoms with van der Waals surface area (Å²) >= 11 is 7.63. The molecule has 0 fully saturated rings. The fourth-order valence-corrected chi connectivity index (χ4v) is 2.88. The van der Waals surface area contributed by atoms with Gasteiger partial charge >= 0.3 is 11.8 Å². The second-order valence-electron chi connectivity index (χ2n) is 4.72. The molecular weight excluding hydrogens is 336 g/mol. The fourth-order valence-electron chi connectivity index (χ4n) is 1.98. The molecule has 1 heterocycles. The third-order valence-corrected chi connectivity index (χ3v) is 4.41. The molecule has 23 heavy (non-hydrogen) atoms. The van der Waals surface area contributed by atoms with Crippen molar-refractivity contribution in [2.24, 2.45) is 0 Å². The second-order valence-corrected chi connectivity index (χ2v) is 6.16. The monoisotopic (exact) mass is 352 g/mol. The summed E-state index contributed by atoms with van der Waals surface area (Å²) < 4.78 is 5.34. The van der Waals surface area contributed by atoms with E-state index in [4.69, 9.17) is 16.3 Å². The summed E-state index contributed by atoms with van der Waals surface area (Å²) in [4.78, 5) is 24.6. The number of hydrogen-bond donors (Lipinski definition) is 2. The molecule has 122 valence electrons. The number of rotatable bonds is 6. The van der Waals surface area contributed by atoms with Crippen LogP contribution in [0.1, 0.15) is 16.5 Å². The summed E-state index contributed by atoms with van der Waals surface area (Å²) in [5.41, 5.74) is 0.760. The topological polar surface area (TPSA) is 67.4 Å². The third kappa shape index (κ3) is 5.06. The number of nitrogens with one attached hydrogen (secondary N) is 2. The maximum atomic E-state index is 11.8. The minimum absolute atomic E-state index is 0.158. The summed E-state index contributed by atoms with van der Waals surface area (Å²) in [6.45, 7) is 0.494. The molecular formula is C16H17ClN2O3S. The number of benzene rings is 1. The van der Waals surface area contributed by atoms with Crippen LogP contribution in [0.2, 0.25) is 5.02 Å². The molecule has 1 atom stereocenters. The summed E-state index contributed by atoms with van der Waals surface area (Å²) in [6, 6.07) is 11.0. The predicted molar refractivity (Wildman–Crippen MR) is 90.4 cm³/mol. The van der Waals surface area contributed by atoms with Crippen molar-refractivity contribution >= 4 is 34.8 Å². The number of methoxy groups -OCH3 is 1. The van der Waals surface area contributed by atoms with Crippen LogP contribution < -0.4 is 10.6 Å². The molecule has 2 rings (SSSR count). The Morgan fingerprint density at radius 2 is 1.91 bits per heavy atom. The van der Waals surface area contributed by atoms with Crippen molar-refractivity contribution in [3.8, 4) is 0 Å². The average molecular weight is 353 g/mol. The molecule has 0 aliphatic rings. The van der Waals surface area contributed by atoms with E-state index >= 15 is 0 Å². The highest BCUT2D eigenvalue weighted by Crippen LogP contribution is 2.24. The number of amides is 2. The molecule has 0 saturated carbocycles. The van der Waals surface area contributed by atoms with Crippen molar-refractivity contribution in [2.75, 3.05) is 13.7 Å². The number of carbonyl (C=O) groups excluding carboxylic acids is 2. The molecule has 1 aromatic heterocycles. The number of carbonyl (C=O) groups is 2. The van der Waals surface area contributed by atoms with Crippen LogP contribution in [0.15, 0.2) is 41.8 Å². The average Bonchev–Trinajstić information content (AvgIpc) is 3.07. The number of ether oxygens (including phenoxy) is 1. The first-order chi connectivity index (χ1) is 11.1. The highest BCUT2D eigenvalue weighted by Gasteiger charge is 2.18. The van der Waals surface area contributed by atoms with E-state index in [-0.39, 0.29) is 6.54 Å². The van der Waals surface area contributed by atoms with Crippen LogP contribution in [-0.2, 0) is 20.9 Å². The van der Waals surface area contributed by atoms with Gasteiger partial charge in [0.15, 0.2) is 0 Å². The molecule has 0 bridgehead atoms. The molecule has 7 heteroatoms. The Labute approximate surface area is 143 Å². The van der Waals surface area contributed by atoms with Crippen LogP contribution in [0.3, 0.4) is 0 Å². The van der Waals surface area contributed by atoms with Crippen LogP contribution in [0.4, 0.5) is 0 Å². The Hall–Kier alpha value is -1.89. The molecule has 2 aromatic rings. The van der Waals surface area contributed by atoms with Crippen LogP contribution in [0.5, 0.6) is 0 Å². The Kier molecular flexibility index (Phi) is 6.58. The Bertz CT molecular complexity index is 661. The molecule has 0 aliphatic heterocycles. The predicted octanol–water partition coefficient (Wildman–Crippen LogP) is 2.52. The summed E-state index contributed by atoms with van der Waals surface area (Å²) in [7, 11) is 1.52. The molecule has 1 aromatic carbocycles. The second kappa shape index (κ2) is 8.67. The van der Waals surface area contributed by atoms with Crippen molar-refractivity contribution in [1.82, 2.24) is 10.6 Å². The van der Waals surface area contributed by atoms with Crippen molar-refractivity contribution in [2.45, 2.75) is 12.6 Å². The first-order valence-electron chi connectivity index (χ1n) is 6.97. The van der Waals surface area contributed by atoms with Gasteiger partial charge in [0.25, 0.3) is 0 Å². The van der Waals surface area contributed by atoms with Gasteiger partial charge < -0.3 is 15.4 Å². The summed E-state index contributed by atoms with van der Waals surface area (Å²) in [6.07, 6.45) is -0.419. The van der Waals surface area contributed by atoms with Crippen molar-refractivity contribution in [3.05, 3.63) is 57.2 Å². The van der Waals surface area contributed by atoms with E-state index in [2.05, 4.69) is 10.6 Å². The van der Waals surface area contributed by atoms with Gasteiger partial charge in [-0.3, -0.25) is 9.59 Å². The highest BCUT2D eigenvalue weighted by molar-refractivity contribution is 7.09. The van der Waals surface area contributed by atoms with E-state index in [0.717, 1.165) is 10.4 Å². The molecule has 0 saturated heterocycles. The maximum absolute atomic E-state index is 11.8. The molecule has 0 spiro atoms. The SMILES string of the molecule is CO[C@H](CNC(=O)C(=O)NCc1cccs1)c1ccccc1Cl. The minimum atomic E-state index is -0.698. The molecule has 2 amide bonds. The Balaban J connectivity index is 1.84. The van der Waals surface area contributed by atoms with E-state index in [1.54, 1.807) is 6.07 Å². The Morgan fingerprint density at radius 3 is 2.57 bits per heavy atom. The lowest BCUT2D eigenvalue weighted by molar-refractivity contribution is -0.139. The maximum Gasteiger partial charge on any atom is 0.309 e. The van der Waals surface area contributed by atoms with E-state index in [1.165, 1.54) is 18.4 Å². The van der Waals surface area contributed by atoms with Crippen molar-refractivity contribution < 1.29 is 14.3 Å². The van der Waals surface area contributed by atoms with Gasteiger partial charge in [0.2, 0.25) is 0 Å². The van der Waals surface area contributed by atoms with E-state index < -0.39 is 17.9 Å². The van der Waals surface area contributed by atoms with Gasteiger partial charge in [-0.1, -0.05) is 35.9 Å². The fraction of sp³-hybridized carbons (Fsp3) is 0.250. The standard InChI is InChI=1S/C16H17ClN2O3S/c1-22-14(12-6-2-3-7-13(12)17)10-19-16(21)15(20)18-9-11-5-4-8-23-11/h2-8,14H,9-10H2,1H3,(H,18,20)(H,19,21)/t14-/m1/s1. The molecule has 0 radical (unpaired) electrons. The van der Waals surface area contributed by atoms with E-state index in [1.807, 2.05) is 35.7 Å². The van der Waals surface area contributed by atoms with Gasteiger partial charge in [0.05, 0.1) is 6.54 Å². The zero-order valence-electron chi connectivity index (χ0n) is 12.5. The highest BCUT2D eigenvalue weighted by atomic mass is 35.5. The lowest BCUT2D eigenvalue weighted by atomic mass is 10.1. The first kappa shape index (κ1) is 17.5. The normalized spacial score (nSPS) is 11.7. The van der Waals surface area contributed by atoms with Crippen molar-refractivity contribution in [3.63, 3.8) is 0 Å². The largest absolute Gasteiger partial charge is 0.375 e. The van der Waals surface area contributed by atoms with Gasteiger partial charge in [-0.2, -0.15) is 0 Å². The van der Waals surface area contributed by atoms with Crippen LogP contribution in [-0.4, -0.2) is 25.5 Å².